The van der Waals surface area contributed by atoms with Crippen LogP contribution in [0.25, 0.3) is 33.0 Å². The van der Waals surface area contributed by atoms with Crippen molar-refractivity contribution in [2.24, 2.45) is 0 Å². The molecule has 8 aromatic rings. The highest BCUT2D eigenvalue weighted by Gasteiger charge is 2.15. The van der Waals surface area contributed by atoms with E-state index in [9.17, 15) is 0 Å². The van der Waals surface area contributed by atoms with Gasteiger partial charge in [0.05, 0.1) is 0 Å². The second-order valence-electron chi connectivity index (χ2n) is 11.9. The number of nitrogens with zero attached hydrogens (tertiary/aromatic N) is 2. The minimum Gasteiger partial charge on any atom is -0.311 e. The summed E-state index contributed by atoms with van der Waals surface area (Å²) in [5.41, 5.74) is 11.5. The summed E-state index contributed by atoms with van der Waals surface area (Å²) < 4.78 is 0. The highest BCUT2D eigenvalue weighted by molar-refractivity contribution is 6.00. The second kappa shape index (κ2) is 13.2. The zero-order chi connectivity index (χ0) is 32.1. The summed E-state index contributed by atoms with van der Waals surface area (Å²) in [6.07, 6.45) is 0. The zero-order valence-corrected chi connectivity index (χ0v) is 26.5. The molecule has 0 unspecified atom stereocenters. The first-order valence-corrected chi connectivity index (χ1v) is 16.4. The van der Waals surface area contributed by atoms with E-state index in [0.717, 1.165) is 34.1 Å². The van der Waals surface area contributed by atoms with Crippen LogP contribution in [0.5, 0.6) is 0 Å². The van der Waals surface area contributed by atoms with E-state index < -0.39 is 0 Å². The smallest absolute Gasteiger partial charge is 0.0462 e. The molecule has 8 aromatic carbocycles. The van der Waals surface area contributed by atoms with Gasteiger partial charge in [-0.05, 0) is 118 Å². The number of benzene rings is 8. The van der Waals surface area contributed by atoms with Crippen LogP contribution in [-0.4, -0.2) is 0 Å². The molecule has 0 N–H and O–H groups in total. The predicted molar refractivity (Wildman–Crippen MR) is 204 cm³/mol. The third kappa shape index (κ3) is 5.84. The molecular formula is C46H34N2. The van der Waals surface area contributed by atoms with Gasteiger partial charge in [-0.15, -0.1) is 0 Å². The molecule has 0 bridgehead atoms. The zero-order valence-electron chi connectivity index (χ0n) is 26.5. The van der Waals surface area contributed by atoms with Crippen molar-refractivity contribution < 1.29 is 0 Å². The van der Waals surface area contributed by atoms with Crippen molar-refractivity contribution >= 4 is 44.9 Å². The maximum atomic E-state index is 2.34. The minimum atomic E-state index is 1.12. The van der Waals surface area contributed by atoms with Gasteiger partial charge in [0.2, 0.25) is 0 Å². The van der Waals surface area contributed by atoms with E-state index in [2.05, 4.69) is 216 Å². The van der Waals surface area contributed by atoms with E-state index in [1.807, 2.05) is 0 Å². The van der Waals surface area contributed by atoms with E-state index in [-0.39, 0.29) is 0 Å². The summed E-state index contributed by atoms with van der Waals surface area (Å²) in [6.45, 7) is 0. The molecule has 0 aliphatic carbocycles. The third-order valence-corrected chi connectivity index (χ3v) is 8.81. The van der Waals surface area contributed by atoms with Crippen LogP contribution < -0.4 is 9.80 Å². The molecular weight excluding hydrogens is 581 g/mol. The molecule has 0 radical (unpaired) electrons. The van der Waals surface area contributed by atoms with Gasteiger partial charge in [-0.1, -0.05) is 121 Å². The van der Waals surface area contributed by atoms with Gasteiger partial charge < -0.3 is 9.80 Å². The molecule has 0 aromatic heterocycles. The van der Waals surface area contributed by atoms with E-state index in [0.29, 0.717) is 0 Å². The Bertz CT molecular complexity index is 2170. The van der Waals surface area contributed by atoms with E-state index >= 15 is 0 Å². The van der Waals surface area contributed by atoms with Crippen molar-refractivity contribution in [1.82, 2.24) is 0 Å². The largest absolute Gasteiger partial charge is 0.311 e. The lowest BCUT2D eigenvalue weighted by atomic mass is 9.93. The predicted octanol–water partition coefficient (Wildman–Crippen LogP) is 13.1. The Balaban J connectivity index is 1.17. The van der Waals surface area contributed by atoms with Crippen LogP contribution in [0.4, 0.5) is 34.1 Å². The van der Waals surface area contributed by atoms with Gasteiger partial charge in [0.15, 0.2) is 0 Å². The lowest BCUT2D eigenvalue weighted by molar-refractivity contribution is 1.28. The van der Waals surface area contributed by atoms with E-state index in [1.165, 1.54) is 33.0 Å². The Hall–Kier alpha value is -6.38. The number of anilines is 6. The van der Waals surface area contributed by atoms with Crippen molar-refractivity contribution in [3.8, 4) is 22.3 Å². The fourth-order valence-electron chi connectivity index (χ4n) is 6.51. The molecule has 0 atom stereocenters. The molecule has 0 fully saturated rings. The van der Waals surface area contributed by atoms with Crippen molar-refractivity contribution in [3.63, 3.8) is 0 Å². The first-order valence-electron chi connectivity index (χ1n) is 16.4. The summed E-state index contributed by atoms with van der Waals surface area (Å²) in [4.78, 5) is 4.60. The molecule has 0 aliphatic heterocycles. The third-order valence-electron chi connectivity index (χ3n) is 8.81. The topological polar surface area (TPSA) is 6.48 Å². The molecule has 0 heterocycles. The Morgan fingerprint density at radius 2 is 0.604 bits per heavy atom. The lowest BCUT2D eigenvalue weighted by Gasteiger charge is -2.25. The fourth-order valence-corrected chi connectivity index (χ4v) is 6.51. The van der Waals surface area contributed by atoms with Gasteiger partial charge >= 0.3 is 0 Å². The SMILES string of the molecule is c1ccc(N(c2ccccc2)c2ccc(-c3cc(-c4ccc(N(c5ccccc5)c5ccccc5)cc4)c4ccccc4c3)cc2)cc1. The monoisotopic (exact) mass is 614 g/mol. The lowest BCUT2D eigenvalue weighted by Crippen LogP contribution is -2.09. The van der Waals surface area contributed by atoms with Crippen LogP contribution in [-0.2, 0) is 0 Å². The first-order chi connectivity index (χ1) is 23.8. The van der Waals surface area contributed by atoms with Gasteiger partial charge in [0, 0.05) is 34.1 Å². The molecule has 0 saturated carbocycles. The van der Waals surface area contributed by atoms with Crippen molar-refractivity contribution in [3.05, 3.63) is 206 Å². The number of fused-ring (bicyclic) bond motifs is 1. The van der Waals surface area contributed by atoms with Crippen LogP contribution in [0.3, 0.4) is 0 Å². The van der Waals surface area contributed by atoms with Gasteiger partial charge in [0.25, 0.3) is 0 Å². The quantitative estimate of drug-likeness (QED) is 0.168. The maximum absolute atomic E-state index is 2.34. The number of para-hydroxylation sites is 4. The Morgan fingerprint density at radius 1 is 0.250 bits per heavy atom. The van der Waals surface area contributed by atoms with E-state index in [1.54, 1.807) is 0 Å². The molecule has 2 nitrogen and oxygen atoms in total. The van der Waals surface area contributed by atoms with Crippen LogP contribution >= 0.6 is 0 Å². The molecule has 228 valence electrons. The first kappa shape index (κ1) is 29.1. The molecule has 2 heteroatoms. The molecule has 0 saturated heterocycles. The number of rotatable bonds is 8. The standard InChI is InChI=1S/C46H34N2/c1-5-16-39(17-6-1)47(40-18-7-2-8-19-40)43-29-25-35(26-30-43)38-33-37-15-13-14-24-45(37)46(34-38)36-27-31-44(32-28-36)48(41-20-9-3-10-21-41)42-22-11-4-12-23-42/h1-34H. The summed E-state index contributed by atoms with van der Waals surface area (Å²) in [6, 6.07) is 73.4. The normalized spacial score (nSPS) is 10.9. The minimum absolute atomic E-state index is 1.12. The number of hydrogen-bond acceptors (Lipinski definition) is 2. The Morgan fingerprint density at radius 3 is 1.04 bits per heavy atom. The molecule has 0 amide bonds. The van der Waals surface area contributed by atoms with Crippen molar-refractivity contribution in [2.75, 3.05) is 9.80 Å². The van der Waals surface area contributed by atoms with Crippen molar-refractivity contribution in [1.29, 1.82) is 0 Å². The van der Waals surface area contributed by atoms with Gasteiger partial charge in [-0.3, -0.25) is 0 Å². The summed E-state index contributed by atoms with van der Waals surface area (Å²) in [7, 11) is 0. The summed E-state index contributed by atoms with van der Waals surface area (Å²) >= 11 is 0. The average molecular weight is 615 g/mol. The Kier molecular flexibility index (Phi) is 7.96. The van der Waals surface area contributed by atoms with Crippen molar-refractivity contribution in [2.45, 2.75) is 0 Å². The highest BCUT2D eigenvalue weighted by Crippen LogP contribution is 2.39. The molecule has 48 heavy (non-hydrogen) atoms. The molecule has 0 spiro atoms. The maximum Gasteiger partial charge on any atom is 0.0462 e. The summed E-state index contributed by atoms with van der Waals surface area (Å²) in [5.74, 6) is 0. The van der Waals surface area contributed by atoms with Crippen LogP contribution in [0, 0.1) is 0 Å². The highest BCUT2D eigenvalue weighted by atomic mass is 15.1. The average Bonchev–Trinajstić information content (AvgIpc) is 3.17. The van der Waals surface area contributed by atoms with Gasteiger partial charge in [-0.2, -0.15) is 0 Å². The number of hydrogen-bond donors (Lipinski definition) is 0. The van der Waals surface area contributed by atoms with Gasteiger partial charge in [0.1, 0.15) is 0 Å². The van der Waals surface area contributed by atoms with Crippen LogP contribution in [0.15, 0.2) is 206 Å². The van der Waals surface area contributed by atoms with E-state index in [4.69, 9.17) is 0 Å². The molecule has 8 rings (SSSR count). The second-order valence-corrected chi connectivity index (χ2v) is 11.9. The van der Waals surface area contributed by atoms with Crippen LogP contribution in [0.1, 0.15) is 0 Å². The van der Waals surface area contributed by atoms with Gasteiger partial charge in [-0.25, -0.2) is 0 Å². The Labute approximate surface area is 282 Å². The van der Waals surface area contributed by atoms with Crippen LogP contribution in [0.2, 0.25) is 0 Å². The molecule has 0 aliphatic rings. The fraction of sp³-hybridized carbons (Fsp3) is 0. The summed E-state index contributed by atoms with van der Waals surface area (Å²) in [5, 5.41) is 2.47.